The second-order valence-corrected chi connectivity index (χ2v) is 4.33. The van der Waals surface area contributed by atoms with E-state index in [0.717, 1.165) is 44.2 Å². The lowest BCUT2D eigenvalue weighted by atomic mass is 10.3. The Balaban J connectivity index is 1.77. The molecular formula is C11H19N3O2. The van der Waals surface area contributed by atoms with Gasteiger partial charge >= 0.3 is 0 Å². The summed E-state index contributed by atoms with van der Waals surface area (Å²) in [6, 6.07) is 1.97. The molecule has 0 aliphatic carbocycles. The predicted octanol–water partition coefficient (Wildman–Crippen LogP) is 0.403. The lowest BCUT2D eigenvalue weighted by Crippen LogP contribution is -2.44. The van der Waals surface area contributed by atoms with E-state index in [1.54, 1.807) is 0 Å². The van der Waals surface area contributed by atoms with Crippen molar-refractivity contribution in [3.63, 3.8) is 0 Å². The predicted molar refractivity (Wildman–Crippen MR) is 60.2 cm³/mol. The summed E-state index contributed by atoms with van der Waals surface area (Å²) in [6.07, 6.45) is 0.280. The third-order valence-corrected chi connectivity index (χ3v) is 2.62. The Bertz CT molecular complexity index is 321. The first-order valence-electron chi connectivity index (χ1n) is 5.67. The molecule has 1 aromatic heterocycles. The van der Waals surface area contributed by atoms with Crippen LogP contribution in [0, 0.1) is 6.92 Å². The maximum atomic E-state index is 5.64. The van der Waals surface area contributed by atoms with E-state index in [1.807, 2.05) is 13.0 Å². The molecule has 1 aliphatic heterocycles. The van der Waals surface area contributed by atoms with Crippen LogP contribution in [0.15, 0.2) is 10.6 Å². The first-order chi connectivity index (χ1) is 7.74. The van der Waals surface area contributed by atoms with Crippen LogP contribution in [0.4, 0.5) is 0 Å². The van der Waals surface area contributed by atoms with Gasteiger partial charge in [0.15, 0.2) is 5.76 Å². The molecule has 0 bridgehead atoms. The molecule has 1 atom stereocenters. The highest BCUT2D eigenvalue weighted by atomic mass is 16.5. The Kier molecular flexibility index (Phi) is 3.93. The van der Waals surface area contributed by atoms with Crippen LogP contribution in [0.1, 0.15) is 11.5 Å². The number of hydrogen-bond donors (Lipinski definition) is 1. The zero-order valence-corrected chi connectivity index (χ0v) is 9.90. The number of hydrogen-bond acceptors (Lipinski definition) is 5. The summed E-state index contributed by atoms with van der Waals surface area (Å²) in [6.45, 7) is 6.32. The Morgan fingerprint density at radius 2 is 2.50 bits per heavy atom. The van der Waals surface area contributed by atoms with Crippen LogP contribution in [0.25, 0.3) is 0 Å². The van der Waals surface area contributed by atoms with Crippen molar-refractivity contribution in [3.8, 4) is 0 Å². The van der Waals surface area contributed by atoms with Crippen molar-refractivity contribution in [1.82, 2.24) is 15.4 Å². The standard InChI is InChI=1S/C11H19N3O2/c1-9-5-10(16-13-9)7-14(2)8-11-6-12-3-4-15-11/h5,11-12H,3-4,6-8H2,1-2H3. The van der Waals surface area contributed by atoms with Crippen molar-refractivity contribution in [1.29, 1.82) is 0 Å². The molecule has 2 heterocycles. The SMILES string of the molecule is Cc1cc(CN(C)CC2CNCCO2)on1. The molecule has 16 heavy (non-hydrogen) atoms. The molecular weight excluding hydrogens is 206 g/mol. The van der Waals surface area contributed by atoms with Crippen LogP contribution in [0.3, 0.4) is 0 Å². The van der Waals surface area contributed by atoms with Gasteiger partial charge in [-0.3, -0.25) is 4.90 Å². The van der Waals surface area contributed by atoms with Gasteiger partial charge in [0.2, 0.25) is 0 Å². The van der Waals surface area contributed by atoms with Crippen molar-refractivity contribution in [2.75, 3.05) is 33.3 Å². The van der Waals surface area contributed by atoms with Crippen LogP contribution in [-0.4, -0.2) is 49.4 Å². The molecule has 90 valence electrons. The minimum absolute atomic E-state index is 0.280. The number of ether oxygens (including phenoxy) is 1. The molecule has 1 N–H and O–H groups in total. The lowest BCUT2D eigenvalue weighted by Gasteiger charge is -2.27. The average Bonchev–Trinajstić information content (AvgIpc) is 2.65. The van der Waals surface area contributed by atoms with E-state index < -0.39 is 0 Å². The minimum atomic E-state index is 0.280. The molecule has 0 radical (unpaired) electrons. The van der Waals surface area contributed by atoms with E-state index in [1.165, 1.54) is 0 Å². The first-order valence-corrected chi connectivity index (χ1v) is 5.67. The van der Waals surface area contributed by atoms with Gasteiger partial charge in [0.05, 0.1) is 24.9 Å². The van der Waals surface area contributed by atoms with E-state index in [2.05, 4.69) is 22.4 Å². The molecule has 1 saturated heterocycles. The number of likely N-dealkylation sites (N-methyl/N-ethyl adjacent to an activating group) is 1. The van der Waals surface area contributed by atoms with Crippen LogP contribution >= 0.6 is 0 Å². The quantitative estimate of drug-likeness (QED) is 0.804. The molecule has 0 saturated carbocycles. The highest BCUT2D eigenvalue weighted by molar-refractivity contribution is 5.02. The average molecular weight is 225 g/mol. The third-order valence-electron chi connectivity index (χ3n) is 2.62. The van der Waals surface area contributed by atoms with E-state index in [-0.39, 0.29) is 6.10 Å². The topological polar surface area (TPSA) is 50.5 Å². The molecule has 0 spiro atoms. The van der Waals surface area contributed by atoms with Crippen LogP contribution < -0.4 is 5.32 Å². The van der Waals surface area contributed by atoms with Gasteiger partial charge in [-0.2, -0.15) is 0 Å². The van der Waals surface area contributed by atoms with E-state index in [4.69, 9.17) is 9.26 Å². The molecule has 2 rings (SSSR count). The van der Waals surface area contributed by atoms with Crippen molar-refractivity contribution >= 4 is 0 Å². The van der Waals surface area contributed by atoms with Gasteiger partial charge in [-0.15, -0.1) is 0 Å². The Morgan fingerprint density at radius 1 is 1.62 bits per heavy atom. The van der Waals surface area contributed by atoms with E-state index >= 15 is 0 Å². The van der Waals surface area contributed by atoms with Crippen LogP contribution in [0.2, 0.25) is 0 Å². The minimum Gasteiger partial charge on any atom is -0.374 e. The summed E-state index contributed by atoms with van der Waals surface area (Å²) < 4.78 is 10.8. The maximum Gasteiger partial charge on any atom is 0.150 e. The number of nitrogens with zero attached hydrogens (tertiary/aromatic N) is 2. The van der Waals surface area contributed by atoms with Crippen molar-refractivity contribution in [2.24, 2.45) is 0 Å². The number of aromatic nitrogens is 1. The normalized spacial score (nSPS) is 21.6. The summed E-state index contributed by atoms with van der Waals surface area (Å²) in [5.41, 5.74) is 0.930. The maximum absolute atomic E-state index is 5.64. The van der Waals surface area contributed by atoms with Crippen LogP contribution in [-0.2, 0) is 11.3 Å². The van der Waals surface area contributed by atoms with E-state index in [0.29, 0.717) is 0 Å². The van der Waals surface area contributed by atoms with Gasteiger partial charge in [0.25, 0.3) is 0 Å². The Morgan fingerprint density at radius 3 is 3.12 bits per heavy atom. The molecule has 1 aromatic rings. The summed E-state index contributed by atoms with van der Waals surface area (Å²) >= 11 is 0. The lowest BCUT2D eigenvalue weighted by molar-refractivity contribution is 0.00772. The van der Waals surface area contributed by atoms with Gasteiger partial charge in [-0.25, -0.2) is 0 Å². The fourth-order valence-electron chi connectivity index (χ4n) is 1.91. The van der Waals surface area contributed by atoms with Gasteiger partial charge < -0.3 is 14.6 Å². The zero-order chi connectivity index (χ0) is 11.4. The van der Waals surface area contributed by atoms with Crippen molar-refractivity contribution in [2.45, 2.75) is 19.6 Å². The summed E-state index contributed by atoms with van der Waals surface area (Å²) in [5.74, 6) is 0.906. The molecule has 1 fully saturated rings. The molecule has 5 heteroatoms. The van der Waals surface area contributed by atoms with Gasteiger partial charge in [-0.1, -0.05) is 5.16 Å². The summed E-state index contributed by atoms with van der Waals surface area (Å²) in [4.78, 5) is 2.19. The monoisotopic (exact) mass is 225 g/mol. The van der Waals surface area contributed by atoms with Gasteiger partial charge in [0.1, 0.15) is 0 Å². The number of rotatable bonds is 4. The van der Waals surface area contributed by atoms with Gasteiger partial charge in [0, 0.05) is 25.7 Å². The molecule has 1 aliphatic rings. The van der Waals surface area contributed by atoms with Crippen molar-refractivity contribution < 1.29 is 9.26 Å². The third kappa shape index (κ3) is 3.30. The Labute approximate surface area is 95.7 Å². The highest BCUT2D eigenvalue weighted by Gasteiger charge is 2.16. The van der Waals surface area contributed by atoms with Gasteiger partial charge in [-0.05, 0) is 14.0 Å². The largest absolute Gasteiger partial charge is 0.374 e. The zero-order valence-electron chi connectivity index (χ0n) is 9.90. The smallest absolute Gasteiger partial charge is 0.150 e. The highest BCUT2D eigenvalue weighted by Crippen LogP contribution is 2.07. The first kappa shape index (κ1) is 11.6. The second kappa shape index (κ2) is 5.43. The molecule has 1 unspecified atom stereocenters. The van der Waals surface area contributed by atoms with Crippen LogP contribution in [0.5, 0.6) is 0 Å². The summed E-state index contributed by atoms with van der Waals surface area (Å²) in [7, 11) is 2.07. The fourth-order valence-corrected chi connectivity index (χ4v) is 1.91. The fraction of sp³-hybridized carbons (Fsp3) is 0.727. The molecule has 0 aromatic carbocycles. The van der Waals surface area contributed by atoms with Crippen molar-refractivity contribution in [3.05, 3.63) is 17.5 Å². The summed E-state index contributed by atoms with van der Waals surface area (Å²) in [5, 5.41) is 7.19. The molecule has 5 nitrogen and oxygen atoms in total. The molecule has 0 amide bonds. The number of aryl methyl sites for hydroxylation is 1. The Hall–Kier alpha value is -0.910. The number of morpholine rings is 1. The van der Waals surface area contributed by atoms with E-state index in [9.17, 15) is 0 Å². The number of nitrogens with one attached hydrogen (secondary N) is 1. The second-order valence-electron chi connectivity index (χ2n) is 4.33.